The van der Waals surface area contributed by atoms with Crippen molar-refractivity contribution in [3.05, 3.63) is 36.2 Å². The van der Waals surface area contributed by atoms with Gasteiger partial charge < -0.3 is 10.2 Å². The molecule has 0 unspecified atom stereocenters. The molecule has 2 heteroatoms. The molecule has 1 rings (SSSR count). The summed E-state index contributed by atoms with van der Waals surface area (Å²) in [5.41, 5.74) is 1.01. The Bertz CT molecular complexity index is 221. The summed E-state index contributed by atoms with van der Waals surface area (Å²) < 4.78 is 0. The predicted molar refractivity (Wildman–Crippen MR) is 43.2 cm³/mol. The predicted octanol–water partition coefficient (Wildman–Crippen LogP) is 1.13. The molecule has 1 radical (unpaired) electrons. The third-order valence-corrected chi connectivity index (χ3v) is 1.42. The van der Waals surface area contributed by atoms with Crippen LogP contribution in [0.3, 0.4) is 0 Å². The molecule has 0 bridgehead atoms. The summed E-state index contributed by atoms with van der Waals surface area (Å²) in [5.74, 6) is 0.272. The lowest BCUT2D eigenvalue weighted by Crippen LogP contribution is -1.89. The summed E-state index contributed by atoms with van der Waals surface area (Å²) in [4.78, 5) is 0. The molecule has 0 aromatic heterocycles. The minimum atomic E-state index is 0.0790. The van der Waals surface area contributed by atoms with Crippen LogP contribution in [0.25, 0.3) is 0 Å². The molecular weight excluding hydrogens is 140 g/mol. The van der Waals surface area contributed by atoms with E-state index >= 15 is 0 Å². The molecule has 0 aliphatic rings. The van der Waals surface area contributed by atoms with E-state index in [0.717, 1.165) is 5.56 Å². The van der Waals surface area contributed by atoms with Crippen molar-refractivity contribution in [2.45, 2.75) is 6.42 Å². The number of hydrogen-bond donors (Lipinski definition) is 2. The molecule has 0 aliphatic heterocycles. The summed E-state index contributed by atoms with van der Waals surface area (Å²) in [6, 6.07) is 7.01. The van der Waals surface area contributed by atoms with Gasteiger partial charge in [-0.25, -0.2) is 0 Å². The van der Waals surface area contributed by atoms with Gasteiger partial charge in [-0.05, 0) is 30.5 Å². The Balaban J connectivity index is 2.56. The minimum Gasteiger partial charge on any atom is -0.508 e. The maximum atomic E-state index is 9.04. The molecule has 0 saturated carbocycles. The number of aromatic hydroxyl groups is 1. The van der Waals surface area contributed by atoms with E-state index in [0.29, 0.717) is 6.42 Å². The fourth-order valence-electron chi connectivity index (χ4n) is 0.915. The number of aliphatic hydroxyl groups excluding tert-OH is 1. The summed E-state index contributed by atoms with van der Waals surface area (Å²) in [6.45, 7) is 0.0790. The lowest BCUT2D eigenvalue weighted by atomic mass is 10.1. The highest BCUT2D eigenvalue weighted by Crippen LogP contribution is 2.11. The zero-order valence-corrected chi connectivity index (χ0v) is 6.20. The highest BCUT2D eigenvalue weighted by molar-refractivity contribution is 5.27. The van der Waals surface area contributed by atoms with Crippen LogP contribution >= 0.6 is 0 Å². The molecule has 2 N–H and O–H groups in total. The van der Waals surface area contributed by atoms with Crippen LogP contribution in [0.2, 0.25) is 0 Å². The molecule has 0 fully saturated rings. The molecule has 0 saturated heterocycles. The van der Waals surface area contributed by atoms with Crippen LogP contribution in [0.1, 0.15) is 5.56 Å². The van der Waals surface area contributed by atoms with Gasteiger partial charge in [-0.2, -0.15) is 0 Å². The van der Waals surface area contributed by atoms with Crippen molar-refractivity contribution in [1.29, 1.82) is 0 Å². The van der Waals surface area contributed by atoms with Crippen molar-refractivity contribution in [3.8, 4) is 5.75 Å². The van der Waals surface area contributed by atoms with Crippen LogP contribution < -0.4 is 0 Å². The van der Waals surface area contributed by atoms with Gasteiger partial charge in [0.05, 0.1) is 0 Å². The lowest BCUT2D eigenvalue weighted by molar-refractivity contribution is 0.325. The van der Waals surface area contributed by atoms with E-state index in [4.69, 9.17) is 10.2 Å². The third kappa shape index (κ3) is 2.60. The Labute approximate surface area is 66.1 Å². The fraction of sp³-hybridized carbons (Fsp3) is 0.222. The van der Waals surface area contributed by atoms with Gasteiger partial charge in [-0.1, -0.05) is 12.1 Å². The first-order valence-electron chi connectivity index (χ1n) is 3.53. The highest BCUT2D eigenvalue weighted by Gasteiger charge is 1.92. The maximum absolute atomic E-state index is 9.04. The normalized spacial score (nSPS) is 9.91. The summed E-state index contributed by atoms with van der Waals surface area (Å²) in [5, 5.41) is 17.5. The number of rotatable bonds is 3. The molecule has 0 atom stereocenters. The van der Waals surface area contributed by atoms with Gasteiger partial charge in [-0.15, -0.1) is 0 Å². The molecule has 59 valence electrons. The van der Waals surface area contributed by atoms with Gasteiger partial charge in [0.15, 0.2) is 0 Å². The van der Waals surface area contributed by atoms with Crippen molar-refractivity contribution in [2.75, 3.05) is 6.61 Å². The first-order chi connectivity index (χ1) is 5.33. The monoisotopic (exact) mass is 151 g/mol. The third-order valence-electron chi connectivity index (χ3n) is 1.42. The van der Waals surface area contributed by atoms with Crippen molar-refractivity contribution < 1.29 is 10.2 Å². The van der Waals surface area contributed by atoms with Crippen molar-refractivity contribution in [1.82, 2.24) is 0 Å². The quantitative estimate of drug-likeness (QED) is 0.679. The highest BCUT2D eigenvalue weighted by atomic mass is 16.3. The van der Waals surface area contributed by atoms with Gasteiger partial charge in [0.25, 0.3) is 0 Å². The van der Waals surface area contributed by atoms with E-state index < -0.39 is 0 Å². The van der Waals surface area contributed by atoms with Gasteiger partial charge in [0.2, 0.25) is 0 Å². The number of hydrogen-bond acceptors (Lipinski definition) is 2. The van der Waals surface area contributed by atoms with E-state index in [1.54, 1.807) is 24.6 Å². The average Bonchev–Trinajstić information content (AvgIpc) is 2.01. The van der Waals surface area contributed by atoms with Crippen LogP contribution in [-0.4, -0.2) is 16.8 Å². The molecule has 0 amide bonds. The largest absolute Gasteiger partial charge is 0.508 e. The zero-order chi connectivity index (χ0) is 8.10. The fourth-order valence-corrected chi connectivity index (χ4v) is 0.915. The number of aliphatic hydroxyl groups is 1. The molecular formula is C9H11O2. The zero-order valence-electron chi connectivity index (χ0n) is 6.20. The average molecular weight is 151 g/mol. The van der Waals surface area contributed by atoms with Crippen LogP contribution in [0, 0.1) is 6.42 Å². The summed E-state index contributed by atoms with van der Waals surface area (Å²) >= 11 is 0. The van der Waals surface area contributed by atoms with Crippen LogP contribution in [0.5, 0.6) is 5.75 Å². The van der Waals surface area contributed by atoms with Crippen molar-refractivity contribution >= 4 is 0 Å². The molecule has 2 nitrogen and oxygen atoms in total. The lowest BCUT2D eigenvalue weighted by Gasteiger charge is -1.98. The Morgan fingerprint density at radius 2 is 2.18 bits per heavy atom. The summed E-state index contributed by atoms with van der Waals surface area (Å²) in [7, 11) is 0. The smallest absolute Gasteiger partial charge is 0.115 e. The molecule has 0 aliphatic carbocycles. The van der Waals surface area contributed by atoms with E-state index in [2.05, 4.69) is 0 Å². The molecule has 1 aromatic rings. The van der Waals surface area contributed by atoms with E-state index in [-0.39, 0.29) is 12.4 Å². The summed E-state index contributed by atoms with van der Waals surface area (Å²) in [6.07, 6.45) is 2.44. The number of phenolic OH excluding ortho intramolecular Hbond substituents is 1. The van der Waals surface area contributed by atoms with Gasteiger partial charge in [0, 0.05) is 6.61 Å². The minimum absolute atomic E-state index is 0.0790. The van der Waals surface area contributed by atoms with Crippen LogP contribution in [-0.2, 0) is 6.42 Å². The Morgan fingerprint density at radius 1 is 1.36 bits per heavy atom. The van der Waals surface area contributed by atoms with Crippen molar-refractivity contribution in [3.63, 3.8) is 0 Å². The van der Waals surface area contributed by atoms with E-state index in [1.165, 1.54) is 0 Å². The maximum Gasteiger partial charge on any atom is 0.115 e. The Kier molecular flexibility index (Phi) is 2.93. The molecule has 0 heterocycles. The second-order valence-electron chi connectivity index (χ2n) is 2.35. The first kappa shape index (κ1) is 8.08. The van der Waals surface area contributed by atoms with Crippen molar-refractivity contribution in [2.24, 2.45) is 0 Å². The van der Waals surface area contributed by atoms with Gasteiger partial charge >= 0.3 is 0 Å². The topological polar surface area (TPSA) is 40.5 Å². The number of phenols is 1. The Morgan fingerprint density at radius 3 is 2.82 bits per heavy atom. The number of benzene rings is 1. The molecule has 11 heavy (non-hydrogen) atoms. The van der Waals surface area contributed by atoms with E-state index in [1.807, 2.05) is 6.07 Å². The first-order valence-corrected chi connectivity index (χ1v) is 3.53. The van der Waals surface area contributed by atoms with E-state index in [9.17, 15) is 0 Å². The van der Waals surface area contributed by atoms with Gasteiger partial charge in [0.1, 0.15) is 5.75 Å². The Hall–Kier alpha value is -1.02. The van der Waals surface area contributed by atoms with Gasteiger partial charge in [-0.3, -0.25) is 0 Å². The van der Waals surface area contributed by atoms with Crippen LogP contribution in [0.15, 0.2) is 24.3 Å². The standard InChI is InChI=1S/C9H11O2/c10-6-2-4-8-3-1-5-9(11)7-8/h1-3,5,7,10-11H,4,6H2. The van der Waals surface area contributed by atoms with Crippen LogP contribution in [0.4, 0.5) is 0 Å². The second kappa shape index (κ2) is 3.98. The second-order valence-corrected chi connectivity index (χ2v) is 2.35. The SMILES string of the molecule is OC[CH]Cc1cccc(O)c1. The molecule has 0 spiro atoms. The molecule has 1 aromatic carbocycles.